The molecule has 0 saturated carbocycles. The number of rotatable bonds is 3. The van der Waals surface area contributed by atoms with Crippen molar-refractivity contribution >= 4 is 54.1 Å². The Morgan fingerprint density at radius 3 is 2.00 bits per heavy atom. The van der Waals surface area contributed by atoms with Crippen LogP contribution in [0.2, 0.25) is 0 Å². The van der Waals surface area contributed by atoms with Gasteiger partial charge < -0.3 is 0 Å². The topological polar surface area (TPSA) is 121 Å². The summed E-state index contributed by atoms with van der Waals surface area (Å²) >= 11 is 4.45. The van der Waals surface area contributed by atoms with Gasteiger partial charge in [0.05, 0.1) is 20.6 Å². The minimum absolute atomic E-state index is 0. The minimum Gasteiger partial charge on any atom is -0.282 e. The van der Waals surface area contributed by atoms with Crippen LogP contribution in [-0.4, -0.2) is 31.1 Å². The molecule has 0 aliphatic carbocycles. The maximum atomic E-state index is 11.2. The summed E-state index contributed by atoms with van der Waals surface area (Å²) in [7, 11) is -8.96. The molecule has 0 amide bonds. The van der Waals surface area contributed by atoms with Gasteiger partial charge in [0.2, 0.25) is 0 Å². The number of thiocarbonyl (C=S) groups is 1. The second kappa shape index (κ2) is 6.83. The van der Waals surface area contributed by atoms with Crippen LogP contribution in [0.25, 0.3) is 10.8 Å². The molecule has 0 radical (unpaired) electrons. The van der Waals surface area contributed by atoms with Crippen molar-refractivity contribution in [3.05, 3.63) is 30.3 Å². The molecule has 2 rings (SSSR count). The van der Waals surface area contributed by atoms with Crippen molar-refractivity contribution in [3.8, 4) is 0 Å². The Bertz CT molecular complexity index is 989. The van der Waals surface area contributed by atoms with Crippen molar-refractivity contribution in [1.29, 1.82) is 0 Å². The first-order valence-corrected chi connectivity index (χ1v) is 8.52. The monoisotopic (exact) mass is 368 g/mol. The van der Waals surface area contributed by atoms with Crippen LogP contribution in [0.1, 0.15) is 0 Å². The normalized spacial score (nSPS) is 11.5. The van der Waals surface area contributed by atoms with E-state index in [4.69, 9.17) is 9.11 Å². The van der Waals surface area contributed by atoms with Crippen molar-refractivity contribution in [2.75, 3.05) is 0 Å². The number of hydrogen-bond acceptors (Lipinski definition) is 6. The minimum atomic E-state index is -4.52. The van der Waals surface area contributed by atoms with Gasteiger partial charge in [0.15, 0.2) is 0 Å². The van der Waals surface area contributed by atoms with Gasteiger partial charge in [0, 0.05) is 5.39 Å². The van der Waals surface area contributed by atoms with Crippen LogP contribution in [0.5, 0.6) is 0 Å². The van der Waals surface area contributed by atoms with E-state index >= 15 is 0 Å². The number of nitrogens with zero attached hydrogens (tertiary/aromatic N) is 1. The summed E-state index contributed by atoms with van der Waals surface area (Å²) in [4.78, 5) is 2.78. The van der Waals surface area contributed by atoms with E-state index in [2.05, 4.69) is 22.4 Å². The quantitative estimate of drug-likeness (QED) is 0.311. The molecule has 0 bridgehead atoms. The Kier molecular flexibility index (Phi) is 6.01. The molecule has 2 N–H and O–H groups in total. The summed E-state index contributed by atoms with van der Waals surface area (Å²) in [5.41, 5.74) is 0.0945. The molecule has 0 spiro atoms. The van der Waals surface area contributed by atoms with E-state index in [-0.39, 0.29) is 40.6 Å². The Morgan fingerprint density at radius 1 is 0.955 bits per heavy atom. The zero-order valence-corrected chi connectivity index (χ0v) is 15.5. The molecule has 2 aromatic carbocycles. The average Bonchev–Trinajstić information content (AvgIpc) is 2.36. The molecule has 0 saturated heterocycles. The fourth-order valence-electron chi connectivity index (χ4n) is 1.75. The molecule has 0 unspecified atom stereocenters. The van der Waals surface area contributed by atoms with Crippen LogP contribution < -0.4 is 29.6 Å². The van der Waals surface area contributed by atoms with Crippen molar-refractivity contribution in [3.63, 3.8) is 0 Å². The summed E-state index contributed by atoms with van der Waals surface area (Å²) in [5.74, 6) is 0. The molecule has 0 atom stereocenters. The van der Waals surface area contributed by atoms with E-state index in [9.17, 15) is 16.8 Å². The second-order valence-corrected chi connectivity index (χ2v) is 7.00. The summed E-state index contributed by atoms with van der Waals surface area (Å²) in [5, 5.41) is 2.59. The summed E-state index contributed by atoms with van der Waals surface area (Å²) in [6, 6.07) is 5.65. The number of aliphatic imine (C=N–C) groups is 1. The summed E-state index contributed by atoms with van der Waals surface area (Å²) in [6.45, 7) is 0. The van der Waals surface area contributed by atoms with Crippen LogP contribution in [0, 0.1) is 0 Å². The molecule has 2 aromatic rings. The average molecular weight is 368 g/mol. The van der Waals surface area contributed by atoms with E-state index in [1.165, 1.54) is 6.07 Å². The first kappa shape index (κ1) is 19.4. The van der Waals surface area contributed by atoms with Crippen molar-refractivity contribution in [1.82, 2.24) is 0 Å². The van der Waals surface area contributed by atoms with Crippen LogP contribution in [-0.2, 0) is 20.2 Å². The van der Waals surface area contributed by atoms with Crippen molar-refractivity contribution < 1.29 is 55.5 Å². The summed E-state index contributed by atoms with van der Waals surface area (Å²) in [6.07, 6.45) is 0. The second-order valence-electron chi connectivity index (χ2n) is 3.98. The summed E-state index contributed by atoms with van der Waals surface area (Å²) < 4.78 is 62.7. The van der Waals surface area contributed by atoms with Crippen LogP contribution in [0.15, 0.2) is 45.1 Å². The maximum absolute atomic E-state index is 11.2. The zero-order valence-electron chi connectivity index (χ0n) is 11.1. The van der Waals surface area contributed by atoms with E-state index < -0.39 is 30.0 Å². The van der Waals surface area contributed by atoms with Gasteiger partial charge in [-0.15, -0.1) is 0 Å². The van der Waals surface area contributed by atoms with Gasteiger partial charge in [-0.1, -0.05) is 6.07 Å². The SMILES string of the molecule is O=S(=O)(O)c1ccc2c(N=C=S)cc(S(=O)(=O)O)cc2c1.[Na+]. The Hall–Kier alpha value is -0.680. The Morgan fingerprint density at radius 2 is 1.50 bits per heavy atom. The van der Waals surface area contributed by atoms with Crippen LogP contribution in [0.4, 0.5) is 5.69 Å². The van der Waals surface area contributed by atoms with Crippen LogP contribution >= 0.6 is 12.2 Å². The standard InChI is InChI=1S/C11H7NO6S3.Na/c13-20(14,15)8-1-2-10-7(3-8)4-9(21(16,17)18)5-11(10)12-6-19;/h1-5H,(H,13,14,15)(H,16,17,18);/q;+1. The van der Waals surface area contributed by atoms with Gasteiger partial charge in [-0.05, 0) is 41.9 Å². The fourth-order valence-corrected chi connectivity index (χ4v) is 2.90. The van der Waals surface area contributed by atoms with Gasteiger partial charge >= 0.3 is 29.6 Å². The third-order valence-corrected chi connectivity index (χ3v) is 4.41. The fraction of sp³-hybridized carbons (Fsp3) is 0. The van der Waals surface area contributed by atoms with E-state index in [0.29, 0.717) is 5.39 Å². The van der Waals surface area contributed by atoms with E-state index in [1.807, 2.05) is 0 Å². The predicted octanol–water partition coefficient (Wildman–Crippen LogP) is -0.928. The van der Waals surface area contributed by atoms with Gasteiger partial charge in [0.1, 0.15) is 0 Å². The van der Waals surface area contributed by atoms with Gasteiger partial charge in [-0.2, -0.15) is 21.8 Å². The smallest absolute Gasteiger partial charge is 0.282 e. The largest absolute Gasteiger partial charge is 1.00 e. The molecule has 7 nitrogen and oxygen atoms in total. The molecule has 0 fully saturated rings. The molecular formula is C11H7NNaO6S3+. The van der Waals surface area contributed by atoms with Gasteiger partial charge in [-0.25, -0.2) is 0 Å². The predicted molar refractivity (Wildman–Crippen MR) is 78.3 cm³/mol. The first-order chi connectivity index (χ1) is 9.63. The number of benzene rings is 2. The molecule has 11 heteroatoms. The van der Waals surface area contributed by atoms with Crippen molar-refractivity contribution in [2.24, 2.45) is 4.99 Å². The molecule has 0 aliphatic heterocycles. The number of hydrogen-bond donors (Lipinski definition) is 2. The molecule has 22 heavy (non-hydrogen) atoms. The molecular weight excluding hydrogens is 361 g/mol. The van der Waals surface area contributed by atoms with E-state index in [0.717, 1.165) is 24.3 Å². The van der Waals surface area contributed by atoms with Gasteiger partial charge in [-0.3, -0.25) is 9.11 Å². The Labute approximate surface area is 153 Å². The molecule has 0 aliphatic rings. The van der Waals surface area contributed by atoms with Crippen LogP contribution in [0.3, 0.4) is 0 Å². The van der Waals surface area contributed by atoms with Crippen molar-refractivity contribution in [2.45, 2.75) is 9.79 Å². The van der Waals surface area contributed by atoms with E-state index in [1.54, 1.807) is 0 Å². The van der Waals surface area contributed by atoms with Gasteiger partial charge in [0.25, 0.3) is 20.2 Å². The molecule has 110 valence electrons. The molecule has 0 aromatic heterocycles. The molecule has 0 heterocycles. The Balaban J connectivity index is 0.00000242. The maximum Gasteiger partial charge on any atom is 1.00 e. The number of isothiocyanates is 1. The number of fused-ring (bicyclic) bond motifs is 1. The third-order valence-electron chi connectivity index (χ3n) is 2.64. The third kappa shape index (κ3) is 4.19. The first-order valence-electron chi connectivity index (χ1n) is 5.23. The zero-order chi connectivity index (χ0) is 15.8.